The van der Waals surface area contributed by atoms with Crippen molar-refractivity contribution in [3.63, 3.8) is 0 Å². The molecule has 3 rings (SSSR count). The van der Waals surface area contributed by atoms with E-state index in [4.69, 9.17) is 0 Å². The summed E-state index contributed by atoms with van der Waals surface area (Å²) < 4.78 is 30.3. The molecular weight excluding hydrogens is 430 g/mol. The number of amides is 1. The van der Waals surface area contributed by atoms with E-state index >= 15 is 0 Å². The van der Waals surface area contributed by atoms with Gasteiger partial charge in [-0.1, -0.05) is 31.3 Å². The van der Waals surface area contributed by atoms with Gasteiger partial charge in [0.2, 0.25) is 10.0 Å². The largest absolute Gasteiger partial charge is 0.319 e. The number of carbonyl (C=O) groups is 1. The number of aryl methyl sites for hydroxylation is 3. The van der Waals surface area contributed by atoms with Crippen LogP contribution < -0.4 is 4.80 Å². The van der Waals surface area contributed by atoms with E-state index in [0.29, 0.717) is 23.5 Å². The lowest BCUT2D eigenvalue weighted by Crippen LogP contribution is -2.32. The van der Waals surface area contributed by atoms with Crippen LogP contribution in [0, 0.1) is 13.8 Å². The Labute approximate surface area is 187 Å². The Kier molecular flexibility index (Phi) is 7.13. The van der Waals surface area contributed by atoms with Gasteiger partial charge < -0.3 is 4.57 Å². The van der Waals surface area contributed by atoms with Crippen molar-refractivity contribution in [2.45, 2.75) is 45.4 Å². The molecule has 31 heavy (non-hydrogen) atoms. The molecule has 0 saturated carbocycles. The summed E-state index contributed by atoms with van der Waals surface area (Å²) >= 11 is 1.48. The Morgan fingerprint density at radius 3 is 2.26 bits per heavy atom. The molecule has 0 aliphatic rings. The lowest BCUT2D eigenvalue weighted by molar-refractivity contribution is 0.0998. The number of sulfonamides is 1. The number of hydrogen-bond donors (Lipinski definition) is 0. The number of aromatic nitrogens is 1. The molecule has 0 saturated heterocycles. The van der Waals surface area contributed by atoms with Crippen molar-refractivity contribution in [1.29, 1.82) is 0 Å². The molecule has 166 valence electrons. The standard InChI is InChI=1S/C23H29N3O3S2/c1-6-12-26(13-7-2)31(28,29)19-10-8-18(9-11-19)22(27)24-23-25(5)20-15-16(3)14-17(4)21(20)30-23/h8-11,14-15H,6-7,12-13H2,1-5H3. The molecule has 1 aromatic heterocycles. The third-order valence-corrected chi connectivity index (χ3v) is 8.32. The number of hydrogen-bond acceptors (Lipinski definition) is 4. The summed E-state index contributed by atoms with van der Waals surface area (Å²) in [6.45, 7) is 8.97. The number of benzene rings is 2. The first-order chi connectivity index (χ1) is 14.7. The minimum atomic E-state index is -3.57. The van der Waals surface area contributed by atoms with E-state index in [1.807, 2.05) is 32.4 Å². The highest BCUT2D eigenvalue weighted by atomic mass is 32.2. The SMILES string of the molecule is CCCN(CCC)S(=O)(=O)c1ccc(C(=O)N=c2sc3c(C)cc(C)cc3n2C)cc1. The van der Waals surface area contributed by atoms with E-state index in [2.05, 4.69) is 24.0 Å². The van der Waals surface area contributed by atoms with Crippen LogP contribution in [0.5, 0.6) is 0 Å². The smallest absolute Gasteiger partial charge is 0.279 e. The van der Waals surface area contributed by atoms with Crippen LogP contribution in [0.2, 0.25) is 0 Å². The highest BCUT2D eigenvalue weighted by molar-refractivity contribution is 7.89. The fourth-order valence-electron chi connectivity index (χ4n) is 3.60. The first-order valence-electron chi connectivity index (χ1n) is 10.4. The maximum atomic E-state index is 12.9. The summed E-state index contributed by atoms with van der Waals surface area (Å²) in [7, 11) is -1.67. The molecule has 0 bridgehead atoms. The quantitative estimate of drug-likeness (QED) is 0.525. The minimum Gasteiger partial charge on any atom is -0.319 e. The van der Waals surface area contributed by atoms with E-state index in [-0.39, 0.29) is 10.8 Å². The maximum Gasteiger partial charge on any atom is 0.279 e. The summed E-state index contributed by atoms with van der Waals surface area (Å²) in [5.74, 6) is -0.389. The highest BCUT2D eigenvalue weighted by Gasteiger charge is 2.23. The lowest BCUT2D eigenvalue weighted by atomic mass is 10.1. The van der Waals surface area contributed by atoms with Crippen LogP contribution in [0.15, 0.2) is 46.3 Å². The van der Waals surface area contributed by atoms with E-state index in [1.165, 1.54) is 39.9 Å². The van der Waals surface area contributed by atoms with Gasteiger partial charge in [0, 0.05) is 25.7 Å². The van der Waals surface area contributed by atoms with Gasteiger partial charge >= 0.3 is 0 Å². The van der Waals surface area contributed by atoms with Crippen molar-refractivity contribution in [2.75, 3.05) is 13.1 Å². The average molecular weight is 460 g/mol. The zero-order chi connectivity index (χ0) is 22.8. The molecule has 1 heterocycles. The van der Waals surface area contributed by atoms with E-state index in [1.54, 1.807) is 0 Å². The Morgan fingerprint density at radius 1 is 1.06 bits per heavy atom. The monoisotopic (exact) mass is 459 g/mol. The average Bonchev–Trinajstić information content (AvgIpc) is 3.04. The number of rotatable bonds is 7. The second kappa shape index (κ2) is 9.46. The molecule has 0 radical (unpaired) electrons. The molecule has 0 fully saturated rings. The molecule has 0 N–H and O–H groups in total. The molecule has 0 spiro atoms. The second-order valence-electron chi connectivity index (χ2n) is 7.72. The predicted molar refractivity (Wildman–Crippen MR) is 126 cm³/mol. The lowest BCUT2D eigenvalue weighted by Gasteiger charge is -2.21. The molecule has 1 amide bonds. The molecule has 0 atom stereocenters. The van der Waals surface area contributed by atoms with Gasteiger partial charge in [0.15, 0.2) is 4.80 Å². The van der Waals surface area contributed by atoms with Crippen molar-refractivity contribution in [1.82, 2.24) is 8.87 Å². The van der Waals surface area contributed by atoms with Crippen molar-refractivity contribution in [3.05, 3.63) is 57.9 Å². The van der Waals surface area contributed by atoms with Gasteiger partial charge in [-0.2, -0.15) is 9.30 Å². The summed E-state index contributed by atoms with van der Waals surface area (Å²) in [4.78, 5) is 17.9. The van der Waals surface area contributed by atoms with Crippen LogP contribution in [0.25, 0.3) is 10.2 Å². The van der Waals surface area contributed by atoms with Crippen LogP contribution in [0.3, 0.4) is 0 Å². The zero-order valence-corrected chi connectivity index (χ0v) is 20.3. The maximum absolute atomic E-state index is 12.9. The van der Waals surface area contributed by atoms with Gasteiger partial charge in [0.05, 0.1) is 15.1 Å². The molecule has 0 unspecified atom stereocenters. The van der Waals surface area contributed by atoms with E-state index < -0.39 is 10.0 Å². The third kappa shape index (κ3) is 4.81. The van der Waals surface area contributed by atoms with Gasteiger partial charge in [-0.3, -0.25) is 4.79 Å². The molecule has 2 aromatic carbocycles. The van der Waals surface area contributed by atoms with Crippen LogP contribution in [0.4, 0.5) is 0 Å². The van der Waals surface area contributed by atoms with E-state index in [0.717, 1.165) is 34.2 Å². The van der Waals surface area contributed by atoms with Gasteiger partial charge in [-0.25, -0.2) is 8.42 Å². The fourth-order valence-corrected chi connectivity index (χ4v) is 6.29. The fraction of sp³-hybridized carbons (Fsp3) is 0.391. The van der Waals surface area contributed by atoms with Crippen LogP contribution in [-0.4, -0.2) is 36.3 Å². The Hall–Kier alpha value is -2.29. The predicted octanol–water partition coefficient (Wildman–Crippen LogP) is 4.41. The minimum absolute atomic E-state index is 0.199. The molecule has 0 aliphatic heterocycles. The highest BCUT2D eigenvalue weighted by Crippen LogP contribution is 2.23. The Bertz CT molecular complexity index is 1260. The van der Waals surface area contributed by atoms with Crippen LogP contribution in [0.1, 0.15) is 48.2 Å². The van der Waals surface area contributed by atoms with Crippen molar-refractivity contribution < 1.29 is 13.2 Å². The summed E-state index contributed by atoms with van der Waals surface area (Å²) in [6.07, 6.45) is 1.50. The summed E-state index contributed by atoms with van der Waals surface area (Å²) in [5, 5.41) is 0. The number of thiazole rings is 1. The topological polar surface area (TPSA) is 71.7 Å². The van der Waals surface area contributed by atoms with E-state index in [9.17, 15) is 13.2 Å². The third-order valence-electron chi connectivity index (χ3n) is 5.12. The van der Waals surface area contributed by atoms with Crippen molar-refractivity contribution >= 4 is 37.5 Å². The van der Waals surface area contributed by atoms with Crippen molar-refractivity contribution in [2.24, 2.45) is 12.0 Å². The molecular formula is C23H29N3O3S2. The molecule has 8 heteroatoms. The second-order valence-corrected chi connectivity index (χ2v) is 10.6. The molecule has 0 aliphatic carbocycles. The van der Waals surface area contributed by atoms with Gasteiger partial charge in [0.1, 0.15) is 0 Å². The van der Waals surface area contributed by atoms with Gasteiger partial charge in [0.25, 0.3) is 5.91 Å². The summed E-state index contributed by atoms with van der Waals surface area (Å²) in [6, 6.07) is 10.3. The van der Waals surface area contributed by atoms with Crippen molar-refractivity contribution in [3.8, 4) is 0 Å². The first kappa shape index (κ1) is 23.4. The molecule has 3 aromatic rings. The Morgan fingerprint density at radius 2 is 1.68 bits per heavy atom. The summed E-state index contributed by atoms with van der Waals surface area (Å²) in [5.41, 5.74) is 3.72. The number of carbonyl (C=O) groups excluding carboxylic acids is 1. The number of fused-ring (bicyclic) bond motifs is 1. The first-order valence-corrected chi connectivity index (χ1v) is 12.7. The van der Waals surface area contributed by atoms with Gasteiger partial charge in [-0.05, 0) is 68.1 Å². The Balaban J connectivity index is 1.93. The van der Waals surface area contributed by atoms with Crippen LogP contribution in [-0.2, 0) is 17.1 Å². The normalized spacial score (nSPS) is 12.8. The van der Waals surface area contributed by atoms with Crippen LogP contribution >= 0.6 is 11.3 Å². The molecule has 6 nitrogen and oxygen atoms in total. The zero-order valence-electron chi connectivity index (χ0n) is 18.7. The number of nitrogens with zero attached hydrogens (tertiary/aromatic N) is 3. The van der Waals surface area contributed by atoms with Gasteiger partial charge in [-0.15, -0.1) is 0 Å².